The number of aryl methyl sites for hydroxylation is 1. The smallest absolute Gasteiger partial charge is 0.0818 e. The second kappa shape index (κ2) is 7.17. The SMILES string of the molecule is Cc1ccc(SC[C@@H](O)/C=C/c2ccccc2)cc1. The zero-order valence-corrected chi connectivity index (χ0v) is 11.8. The van der Waals surface area contributed by atoms with E-state index in [2.05, 4.69) is 31.2 Å². The van der Waals surface area contributed by atoms with E-state index in [1.165, 1.54) is 10.5 Å². The average Bonchev–Trinajstić information content (AvgIpc) is 2.45. The molecule has 2 rings (SSSR count). The summed E-state index contributed by atoms with van der Waals surface area (Å²) >= 11 is 1.67. The van der Waals surface area contributed by atoms with Gasteiger partial charge in [-0.05, 0) is 24.6 Å². The van der Waals surface area contributed by atoms with Gasteiger partial charge in [0.05, 0.1) is 6.10 Å². The third kappa shape index (κ3) is 4.93. The third-order valence-corrected chi connectivity index (χ3v) is 3.87. The molecule has 1 nitrogen and oxygen atoms in total. The number of rotatable bonds is 5. The van der Waals surface area contributed by atoms with E-state index in [9.17, 15) is 5.11 Å². The minimum absolute atomic E-state index is 0.425. The normalized spacial score (nSPS) is 12.7. The fourth-order valence-electron chi connectivity index (χ4n) is 1.66. The van der Waals surface area contributed by atoms with E-state index in [-0.39, 0.29) is 0 Å². The van der Waals surface area contributed by atoms with Crippen LogP contribution in [-0.2, 0) is 0 Å². The standard InChI is InChI=1S/C17H18OS/c1-14-7-11-17(12-8-14)19-13-16(18)10-9-15-5-3-2-4-6-15/h2-12,16,18H,13H2,1H3/b10-9+/t16-/m0/s1. The molecule has 0 aromatic heterocycles. The van der Waals surface area contributed by atoms with E-state index < -0.39 is 6.10 Å². The number of hydrogen-bond donors (Lipinski definition) is 1. The van der Waals surface area contributed by atoms with Crippen molar-refractivity contribution >= 4 is 17.8 Å². The summed E-state index contributed by atoms with van der Waals surface area (Å²) in [5, 5.41) is 9.92. The molecule has 0 spiro atoms. The lowest BCUT2D eigenvalue weighted by Crippen LogP contribution is -2.05. The Kier molecular flexibility index (Phi) is 5.25. The molecule has 0 aliphatic rings. The zero-order valence-electron chi connectivity index (χ0n) is 11.0. The Labute approximate surface area is 119 Å². The number of benzene rings is 2. The summed E-state index contributed by atoms with van der Waals surface area (Å²) in [6.45, 7) is 2.08. The number of hydrogen-bond acceptors (Lipinski definition) is 2. The molecule has 2 aromatic rings. The van der Waals surface area contributed by atoms with Crippen molar-refractivity contribution in [3.8, 4) is 0 Å². The van der Waals surface area contributed by atoms with Crippen molar-refractivity contribution in [3.63, 3.8) is 0 Å². The highest BCUT2D eigenvalue weighted by molar-refractivity contribution is 7.99. The van der Waals surface area contributed by atoms with Crippen LogP contribution in [0.15, 0.2) is 65.6 Å². The molecule has 0 amide bonds. The molecule has 0 bridgehead atoms. The van der Waals surface area contributed by atoms with Crippen molar-refractivity contribution in [1.29, 1.82) is 0 Å². The van der Waals surface area contributed by atoms with Crippen molar-refractivity contribution in [2.24, 2.45) is 0 Å². The molecular weight excluding hydrogens is 252 g/mol. The fourth-order valence-corrected chi connectivity index (χ4v) is 2.46. The van der Waals surface area contributed by atoms with Crippen molar-refractivity contribution in [2.75, 3.05) is 5.75 Å². The van der Waals surface area contributed by atoms with Gasteiger partial charge in [-0.3, -0.25) is 0 Å². The number of aliphatic hydroxyl groups is 1. The van der Waals surface area contributed by atoms with Crippen molar-refractivity contribution in [2.45, 2.75) is 17.9 Å². The average molecular weight is 270 g/mol. The molecule has 19 heavy (non-hydrogen) atoms. The minimum Gasteiger partial charge on any atom is -0.388 e. The van der Waals surface area contributed by atoms with Crippen LogP contribution in [-0.4, -0.2) is 17.0 Å². The largest absolute Gasteiger partial charge is 0.388 e. The van der Waals surface area contributed by atoms with Gasteiger partial charge in [-0.2, -0.15) is 0 Å². The number of aliphatic hydroxyl groups excluding tert-OH is 1. The lowest BCUT2D eigenvalue weighted by atomic mass is 10.2. The van der Waals surface area contributed by atoms with Crippen molar-refractivity contribution < 1.29 is 5.11 Å². The third-order valence-electron chi connectivity index (χ3n) is 2.75. The summed E-state index contributed by atoms with van der Waals surface area (Å²) in [7, 11) is 0. The van der Waals surface area contributed by atoms with Crippen molar-refractivity contribution in [1.82, 2.24) is 0 Å². The quantitative estimate of drug-likeness (QED) is 0.823. The van der Waals surface area contributed by atoms with Crippen LogP contribution in [0.25, 0.3) is 6.08 Å². The van der Waals surface area contributed by atoms with E-state index >= 15 is 0 Å². The predicted molar refractivity (Wildman–Crippen MR) is 83.4 cm³/mol. The Balaban J connectivity index is 1.83. The van der Waals surface area contributed by atoms with Crippen LogP contribution in [0.5, 0.6) is 0 Å². The highest BCUT2D eigenvalue weighted by Gasteiger charge is 2.00. The molecular formula is C17H18OS. The van der Waals surface area contributed by atoms with Crippen LogP contribution < -0.4 is 0 Å². The first-order chi connectivity index (χ1) is 9.24. The molecule has 0 radical (unpaired) electrons. The molecule has 1 atom stereocenters. The molecule has 0 heterocycles. The Hall–Kier alpha value is -1.51. The summed E-state index contributed by atoms with van der Waals surface area (Å²) in [6.07, 6.45) is 3.38. The Bertz CT molecular complexity index is 517. The second-order valence-electron chi connectivity index (χ2n) is 4.46. The summed E-state index contributed by atoms with van der Waals surface area (Å²) in [5.74, 6) is 0.673. The first kappa shape index (κ1) is 13.9. The van der Waals surface area contributed by atoms with Gasteiger partial charge in [0.2, 0.25) is 0 Å². The summed E-state index contributed by atoms with van der Waals surface area (Å²) in [6, 6.07) is 18.4. The van der Waals surface area contributed by atoms with Gasteiger partial charge in [0, 0.05) is 10.6 Å². The van der Waals surface area contributed by atoms with Gasteiger partial charge < -0.3 is 5.11 Å². The highest BCUT2D eigenvalue weighted by atomic mass is 32.2. The van der Waals surface area contributed by atoms with Crippen LogP contribution >= 0.6 is 11.8 Å². The molecule has 1 N–H and O–H groups in total. The zero-order chi connectivity index (χ0) is 13.5. The van der Waals surface area contributed by atoms with Gasteiger partial charge in [-0.25, -0.2) is 0 Å². The van der Waals surface area contributed by atoms with Crippen LogP contribution in [0.4, 0.5) is 0 Å². The van der Waals surface area contributed by atoms with Gasteiger partial charge >= 0.3 is 0 Å². The van der Waals surface area contributed by atoms with Gasteiger partial charge in [0.15, 0.2) is 0 Å². The maximum atomic E-state index is 9.92. The highest BCUT2D eigenvalue weighted by Crippen LogP contribution is 2.19. The molecule has 0 aliphatic carbocycles. The van der Waals surface area contributed by atoms with E-state index in [4.69, 9.17) is 0 Å². The molecule has 2 aromatic carbocycles. The first-order valence-corrected chi connectivity index (χ1v) is 7.33. The maximum absolute atomic E-state index is 9.92. The van der Waals surface area contributed by atoms with Gasteiger partial charge in [0.1, 0.15) is 0 Å². The van der Waals surface area contributed by atoms with E-state index in [0.29, 0.717) is 5.75 Å². The van der Waals surface area contributed by atoms with Crippen LogP contribution in [0.3, 0.4) is 0 Å². The molecule has 98 valence electrons. The number of thioether (sulfide) groups is 1. The predicted octanol–water partition coefficient (Wildman–Crippen LogP) is 4.16. The van der Waals surface area contributed by atoms with Crippen LogP contribution in [0.1, 0.15) is 11.1 Å². The van der Waals surface area contributed by atoms with E-state index in [1.54, 1.807) is 11.8 Å². The lowest BCUT2D eigenvalue weighted by molar-refractivity contribution is 0.249. The Morgan fingerprint density at radius 1 is 1.05 bits per heavy atom. The van der Waals surface area contributed by atoms with E-state index in [1.807, 2.05) is 42.5 Å². The minimum atomic E-state index is -0.425. The lowest BCUT2D eigenvalue weighted by Gasteiger charge is -2.05. The van der Waals surface area contributed by atoms with Crippen molar-refractivity contribution in [3.05, 3.63) is 71.8 Å². The monoisotopic (exact) mass is 270 g/mol. The molecule has 0 fully saturated rings. The van der Waals surface area contributed by atoms with Gasteiger partial charge in [0.25, 0.3) is 0 Å². The molecule has 0 unspecified atom stereocenters. The van der Waals surface area contributed by atoms with E-state index in [0.717, 1.165) is 5.56 Å². The van der Waals surface area contributed by atoms with Gasteiger partial charge in [-0.15, -0.1) is 11.8 Å². The Morgan fingerprint density at radius 2 is 1.74 bits per heavy atom. The summed E-state index contributed by atoms with van der Waals surface area (Å²) in [5.41, 5.74) is 2.37. The first-order valence-electron chi connectivity index (χ1n) is 6.35. The van der Waals surface area contributed by atoms with Gasteiger partial charge in [-0.1, -0.05) is 60.2 Å². The van der Waals surface area contributed by atoms with Crippen LogP contribution in [0, 0.1) is 6.92 Å². The van der Waals surface area contributed by atoms with Crippen LogP contribution in [0.2, 0.25) is 0 Å². The summed E-state index contributed by atoms with van der Waals surface area (Å²) in [4.78, 5) is 1.19. The Morgan fingerprint density at radius 3 is 2.42 bits per heavy atom. The molecule has 2 heteroatoms. The second-order valence-corrected chi connectivity index (χ2v) is 5.55. The fraction of sp³-hybridized carbons (Fsp3) is 0.176. The molecule has 0 aliphatic heterocycles. The molecule has 0 saturated heterocycles. The maximum Gasteiger partial charge on any atom is 0.0818 e. The topological polar surface area (TPSA) is 20.2 Å². The summed E-state index contributed by atoms with van der Waals surface area (Å²) < 4.78 is 0. The molecule has 0 saturated carbocycles.